The Bertz CT molecular complexity index is 532. The van der Waals surface area contributed by atoms with Crippen LogP contribution in [-0.4, -0.2) is 6.54 Å². The number of aryl methyl sites for hydroxylation is 1. The molecule has 2 nitrogen and oxygen atoms in total. The molecule has 2 N–H and O–H groups in total. The second-order valence-corrected chi connectivity index (χ2v) is 4.62. The number of anilines is 3. The molecule has 0 aliphatic carbocycles. The highest BCUT2D eigenvalue weighted by atomic mass is 35.5. The van der Waals surface area contributed by atoms with Gasteiger partial charge in [0.25, 0.3) is 0 Å². The second kappa shape index (κ2) is 5.32. The van der Waals surface area contributed by atoms with Gasteiger partial charge >= 0.3 is 0 Å². The van der Waals surface area contributed by atoms with Gasteiger partial charge in [-0.3, -0.25) is 0 Å². The van der Waals surface area contributed by atoms with E-state index in [9.17, 15) is 0 Å². The molecule has 0 aromatic heterocycles. The van der Waals surface area contributed by atoms with Crippen LogP contribution in [0, 0.1) is 6.92 Å². The van der Waals surface area contributed by atoms with Crippen LogP contribution in [0.1, 0.15) is 12.5 Å². The van der Waals surface area contributed by atoms with Crippen LogP contribution in [0.3, 0.4) is 0 Å². The van der Waals surface area contributed by atoms with Gasteiger partial charge in [-0.25, -0.2) is 0 Å². The Morgan fingerprint density at radius 2 is 1.83 bits per heavy atom. The Kier molecular flexibility index (Phi) is 3.78. The molecule has 2 rings (SSSR count). The molecule has 0 aliphatic rings. The van der Waals surface area contributed by atoms with Crippen molar-refractivity contribution >= 4 is 28.7 Å². The van der Waals surface area contributed by atoms with Gasteiger partial charge in [-0.05, 0) is 37.6 Å². The lowest BCUT2D eigenvalue weighted by Gasteiger charge is -2.27. The summed E-state index contributed by atoms with van der Waals surface area (Å²) < 4.78 is 0. The maximum Gasteiger partial charge on any atom is 0.0833 e. The Balaban J connectivity index is 2.56. The third-order valence-electron chi connectivity index (χ3n) is 3.01. The summed E-state index contributed by atoms with van der Waals surface area (Å²) >= 11 is 6.28. The maximum atomic E-state index is 6.28. The predicted octanol–water partition coefficient (Wildman–Crippen LogP) is 4.39. The Morgan fingerprint density at radius 3 is 2.44 bits per heavy atom. The van der Waals surface area contributed by atoms with E-state index in [0.29, 0.717) is 10.7 Å². The van der Waals surface area contributed by atoms with E-state index in [0.717, 1.165) is 17.9 Å². The Hall–Kier alpha value is -1.67. The van der Waals surface area contributed by atoms with Gasteiger partial charge < -0.3 is 10.6 Å². The van der Waals surface area contributed by atoms with Gasteiger partial charge in [0, 0.05) is 12.2 Å². The quantitative estimate of drug-likeness (QED) is 0.830. The van der Waals surface area contributed by atoms with Crippen LogP contribution in [0.25, 0.3) is 0 Å². The highest BCUT2D eigenvalue weighted by Gasteiger charge is 2.15. The minimum absolute atomic E-state index is 0.681. The normalized spacial score (nSPS) is 10.4. The third kappa shape index (κ3) is 2.29. The van der Waals surface area contributed by atoms with Crippen molar-refractivity contribution in [3.8, 4) is 0 Å². The molecule has 2 aromatic rings. The predicted molar refractivity (Wildman–Crippen MR) is 79.7 cm³/mol. The molecule has 0 amide bonds. The number of hydrogen-bond acceptors (Lipinski definition) is 2. The number of nitrogen functional groups attached to an aromatic ring is 1. The average Bonchev–Trinajstić information content (AvgIpc) is 2.35. The van der Waals surface area contributed by atoms with Crippen molar-refractivity contribution in [2.45, 2.75) is 13.8 Å². The molecular formula is C15H17ClN2. The van der Waals surface area contributed by atoms with Gasteiger partial charge in [0.15, 0.2) is 0 Å². The number of rotatable bonds is 3. The zero-order valence-electron chi connectivity index (χ0n) is 10.7. The highest BCUT2D eigenvalue weighted by molar-refractivity contribution is 6.34. The molecule has 0 radical (unpaired) electrons. The summed E-state index contributed by atoms with van der Waals surface area (Å²) in [6, 6.07) is 13.8. The van der Waals surface area contributed by atoms with Crippen molar-refractivity contribution < 1.29 is 0 Å². The fraction of sp³-hybridized carbons (Fsp3) is 0.200. The van der Waals surface area contributed by atoms with Crippen molar-refractivity contribution in [1.82, 2.24) is 0 Å². The van der Waals surface area contributed by atoms with Crippen LogP contribution >= 0.6 is 11.6 Å². The summed E-state index contributed by atoms with van der Waals surface area (Å²) in [5.74, 6) is 0. The fourth-order valence-corrected chi connectivity index (χ4v) is 2.42. The van der Waals surface area contributed by atoms with Crippen molar-refractivity contribution in [1.29, 1.82) is 0 Å². The van der Waals surface area contributed by atoms with E-state index in [-0.39, 0.29) is 0 Å². The topological polar surface area (TPSA) is 29.3 Å². The molecule has 2 aromatic carbocycles. The first-order valence-corrected chi connectivity index (χ1v) is 6.40. The van der Waals surface area contributed by atoms with Crippen LogP contribution in [0.2, 0.25) is 5.02 Å². The lowest BCUT2D eigenvalue weighted by Crippen LogP contribution is -2.18. The van der Waals surface area contributed by atoms with E-state index in [1.54, 1.807) is 0 Å². The first-order valence-electron chi connectivity index (χ1n) is 6.02. The van der Waals surface area contributed by atoms with Crippen LogP contribution in [-0.2, 0) is 0 Å². The fourth-order valence-electron chi connectivity index (χ4n) is 2.13. The SMILES string of the molecule is CCN(c1ccccc1C)c1c(N)cccc1Cl. The van der Waals surface area contributed by atoms with Crippen LogP contribution in [0.5, 0.6) is 0 Å². The van der Waals surface area contributed by atoms with Gasteiger partial charge in [-0.1, -0.05) is 35.9 Å². The molecule has 0 unspecified atom stereocenters. The summed E-state index contributed by atoms with van der Waals surface area (Å²) in [6.45, 7) is 5.00. The van der Waals surface area contributed by atoms with Crippen LogP contribution in [0.4, 0.5) is 17.1 Å². The first kappa shape index (κ1) is 12.8. The van der Waals surface area contributed by atoms with Crippen molar-refractivity contribution in [2.75, 3.05) is 17.2 Å². The number of nitrogens with zero attached hydrogens (tertiary/aromatic N) is 1. The molecule has 0 saturated heterocycles. The number of benzene rings is 2. The van der Waals surface area contributed by atoms with Gasteiger partial charge in [0.2, 0.25) is 0 Å². The Labute approximate surface area is 113 Å². The van der Waals surface area contributed by atoms with Gasteiger partial charge in [0.05, 0.1) is 16.4 Å². The summed E-state index contributed by atoms with van der Waals surface area (Å²) in [6.07, 6.45) is 0. The molecule has 0 atom stereocenters. The van der Waals surface area contributed by atoms with Gasteiger partial charge in [-0.2, -0.15) is 0 Å². The molecular weight excluding hydrogens is 244 g/mol. The van der Waals surface area contributed by atoms with Crippen molar-refractivity contribution in [3.63, 3.8) is 0 Å². The van der Waals surface area contributed by atoms with E-state index in [1.165, 1.54) is 5.56 Å². The number of halogens is 1. The second-order valence-electron chi connectivity index (χ2n) is 4.21. The molecule has 0 fully saturated rings. The zero-order chi connectivity index (χ0) is 13.1. The molecule has 0 saturated carbocycles. The first-order chi connectivity index (χ1) is 8.65. The van der Waals surface area contributed by atoms with E-state index in [4.69, 9.17) is 17.3 Å². The Morgan fingerprint density at radius 1 is 1.11 bits per heavy atom. The van der Waals surface area contributed by atoms with Gasteiger partial charge in [0.1, 0.15) is 0 Å². The summed E-state index contributed by atoms with van der Waals surface area (Å²) in [4.78, 5) is 2.15. The zero-order valence-corrected chi connectivity index (χ0v) is 11.4. The molecule has 0 bridgehead atoms. The molecule has 18 heavy (non-hydrogen) atoms. The minimum atomic E-state index is 0.681. The van der Waals surface area contributed by atoms with E-state index in [1.807, 2.05) is 30.3 Å². The molecule has 0 aliphatic heterocycles. The van der Waals surface area contributed by atoms with Crippen LogP contribution < -0.4 is 10.6 Å². The lowest BCUT2D eigenvalue weighted by atomic mass is 10.1. The molecule has 94 valence electrons. The number of hydrogen-bond donors (Lipinski definition) is 1. The monoisotopic (exact) mass is 260 g/mol. The van der Waals surface area contributed by atoms with E-state index in [2.05, 4.69) is 30.9 Å². The smallest absolute Gasteiger partial charge is 0.0833 e. The van der Waals surface area contributed by atoms with Gasteiger partial charge in [-0.15, -0.1) is 0 Å². The molecule has 3 heteroatoms. The standard InChI is InChI=1S/C15H17ClN2/c1-3-18(14-10-5-4-7-11(14)2)15-12(16)8-6-9-13(15)17/h4-10H,3,17H2,1-2H3. The third-order valence-corrected chi connectivity index (χ3v) is 3.32. The lowest BCUT2D eigenvalue weighted by molar-refractivity contribution is 1.02. The summed E-state index contributed by atoms with van der Waals surface area (Å²) in [7, 11) is 0. The largest absolute Gasteiger partial charge is 0.397 e. The maximum absolute atomic E-state index is 6.28. The van der Waals surface area contributed by atoms with E-state index >= 15 is 0 Å². The van der Waals surface area contributed by atoms with Crippen molar-refractivity contribution in [3.05, 3.63) is 53.1 Å². The average molecular weight is 261 g/mol. The molecule has 0 heterocycles. The number of nitrogens with two attached hydrogens (primary N) is 1. The summed E-state index contributed by atoms with van der Waals surface area (Å²) in [5.41, 5.74) is 9.99. The molecule has 0 spiro atoms. The van der Waals surface area contributed by atoms with Crippen LogP contribution in [0.15, 0.2) is 42.5 Å². The summed E-state index contributed by atoms with van der Waals surface area (Å²) in [5, 5.41) is 0.681. The number of para-hydroxylation sites is 2. The highest BCUT2D eigenvalue weighted by Crippen LogP contribution is 2.37. The van der Waals surface area contributed by atoms with E-state index < -0.39 is 0 Å². The van der Waals surface area contributed by atoms with Crippen molar-refractivity contribution in [2.24, 2.45) is 0 Å². The minimum Gasteiger partial charge on any atom is -0.397 e.